The van der Waals surface area contributed by atoms with Crippen molar-refractivity contribution >= 4 is 40.3 Å². The van der Waals surface area contributed by atoms with Crippen LogP contribution in [0.2, 0.25) is 0 Å². The second-order valence-corrected chi connectivity index (χ2v) is 8.32. The molecule has 1 aromatic carbocycles. The molecule has 4 aromatic rings. The standard InChI is InChI=1S/C26H26N6O2/c1-18-16-24(31-12-14-32(15-13-31)26-27-10-3-11-28-26)30-23-8-5-20(17-22(18)23)29-25(33)9-7-21-6-4-19(2)34-21/h3-11,16-17H,12-15H2,1-2H3,(H,29,33)/b9-7+. The number of hydrogen-bond donors (Lipinski definition) is 1. The highest BCUT2D eigenvalue weighted by molar-refractivity contribution is 6.03. The fraction of sp³-hybridized carbons (Fsp3) is 0.231. The van der Waals surface area contributed by atoms with E-state index < -0.39 is 0 Å². The zero-order valence-electron chi connectivity index (χ0n) is 19.2. The first-order chi connectivity index (χ1) is 16.5. The fourth-order valence-corrected chi connectivity index (χ4v) is 4.09. The van der Waals surface area contributed by atoms with Crippen LogP contribution in [0, 0.1) is 13.8 Å². The summed E-state index contributed by atoms with van der Waals surface area (Å²) >= 11 is 0. The minimum Gasteiger partial charge on any atom is -0.462 e. The van der Waals surface area contributed by atoms with E-state index in [1.54, 1.807) is 18.5 Å². The molecule has 1 amide bonds. The van der Waals surface area contributed by atoms with Gasteiger partial charge in [-0.3, -0.25) is 4.79 Å². The van der Waals surface area contributed by atoms with Crippen molar-refractivity contribution in [3.05, 3.63) is 78.0 Å². The molecular formula is C26H26N6O2. The van der Waals surface area contributed by atoms with Crippen molar-refractivity contribution in [2.24, 2.45) is 0 Å². The van der Waals surface area contributed by atoms with Gasteiger partial charge >= 0.3 is 0 Å². The van der Waals surface area contributed by atoms with Crippen LogP contribution in [0.5, 0.6) is 0 Å². The molecule has 1 fully saturated rings. The van der Waals surface area contributed by atoms with Crippen LogP contribution >= 0.6 is 0 Å². The molecule has 34 heavy (non-hydrogen) atoms. The first-order valence-electron chi connectivity index (χ1n) is 11.3. The maximum Gasteiger partial charge on any atom is 0.248 e. The lowest BCUT2D eigenvalue weighted by molar-refractivity contribution is -0.111. The molecule has 0 radical (unpaired) electrons. The Morgan fingerprint density at radius 3 is 2.50 bits per heavy atom. The molecule has 0 unspecified atom stereocenters. The van der Waals surface area contributed by atoms with Crippen LogP contribution < -0.4 is 15.1 Å². The molecule has 8 heteroatoms. The number of rotatable bonds is 5. The van der Waals surface area contributed by atoms with E-state index in [9.17, 15) is 4.79 Å². The van der Waals surface area contributed by atoms with Crippen LogP contribution in [0.3, 0.4) is 0 Å². The van der Waals surface area contributed by atoms with Gasteiger partial charge in [0.2, 0.25) is 11.9 Å². The van der Waals surface area contributed by atoms with Crippen molar-refractivity contribution in [2.45, 2.75) is 13.8 Å². The number of amides is 1. The summed E-state index contributed by atoms with van der Waals surface area (Å²) in [6.07, 6.45) is 6.68. The summed E-state index contributed by atoms with van der Waals surface area (Å²) < 4.78 is 5.46. The molecular weight excluding hydrogens is 428 g/mol. The Morgan fingerprint density at radius 1 is 1.00 bits per heavy atom. The lowest BCUT2D eigenvalue weighted by Crippen LogP contribution is -2.47. The lowest BCUT2D eigenvalue weighted by Gasteiger charge is -2.35. The number of piperazine rings is 1. The molecule has 1 aliphatic heterocycles. The predicted octanol–water partition coefficient (Wildman–Crippen LogP) is 4.21. The Labute approximate surface area is 198 Å². The molecule has 5 rings (SSSR count). The number of furan rings is 1. The van der Waals surface area contributed by atoms with Crippen molar-refractivity contribution in [3.63, 3.8) is 0 Å². The summed E-state index contributed by atoms with van der Waals surface area (Å²) in [6.45, 7) is 7.34. The van der Waals surface area contributed by atoms with Crippen molar-refractivity contribution in [1.82, 2.24) is 15.0 Å². The summed E-state index contributed by atoms with van der Waals surface area (Å²) in [4.78, 5) is 30.4. The monoisotopic (exact) mass is 454 g/mol. The maximum absolute atomic E-state index is 12.3. The molecule has 3 aromatic heterocycles. The molecule has 4 heterocycles. The molecule has 1 saturated heterocycles. The Hall–Kier alpha value is -4.20. The number of fused-ring (bicyclic) bond motifs is 1. The molecule has 0 aliphatic carbocycles. The minimum atomic E-state index is -0.212. The smallest absolute Gasteiger partial charge is 0.248 e. The lowest BCUT2D eigenvalue weighted by atomic mass is 10.1. The summed E-state index contributed by atoms with van der Waals surface area (Å²) in [5, 5.41) is 3.93. The van der Waals surface area contributed by atoms with Gasteiger partial charge < -0.3 is 19.5 Å². The Balaban J connectivity index is 1.27. The van der Waals surface area contributed by atoms with Gasteiger partial charge in [-0.2, -0.15) is 0 Å². The van der Waals surface area contributed by atoms with Crippen LogP contribution in [0.1, 0.15) is 17.1 Å². The number of nitrogens with one attached hydrogen (secondary N) is 1. The summed E-state index contributed by atoms with van der Waals surface area (Å²) in [7, 11) is 0. The predicted molar refractivity (Wildman–Crippen MR) is 134 cm³/mol. The highest BCUT2D eigenvalue weighted by Crippen LogP contribution is 2.26. The Kier molecular flexibility index (Phi) is 5.95. The maximum atomic E-state index is 12.3. The number of hydrogen-bond acceptors (Lipinski definition) is 7. The van der Waals surface area contributed by atoms with Crippen LogP contribution in [0.25, 0.3) is 17.0 Å². The van der Waals surface area contributed by atoms with Gasteiger partial charge in [-0.15, -0.1) is 0 Å². The topological polar surface area (TPSA) is 87.4 Å². The van der Waals surface area contributed by atoms with E-state index in [1.165, 1.54) is 6.08 Å². The van der Waals surface area contributed by atoms with Crippen molar-refractivity contribution in [1.29, 1.82) is 0 Å². The number of benzene rings is 1. The number of nitrogens with zero attached hydrogens (tertiary/aromatic N) is 5. The molecule has 0 spiro atoms. The molecule has 0 atom stereocenters. The van der Waals surface area contributed by atoms with Crippen LogP contribution in [-0.4, -0.2) is 47.0 Å². The van der Waals surface area contributed by atoms with E-state index in [1.807, 2.05) is 43.3 Å². The van der Waals surface area contributed by atoms with Gasteiger partial charge in [-0.05, 0) is 68.0 Å². The molecule has 172 valence electrons. The molecule has 0 bridgehead atoms. The number of aryl methyl sites for hydroxylation is 2. The SMILES string of the molecule is Cc1ccc(/C=C/C(=O)Nc2ccc3nc(N4CCN(c5ncccn5)CC4)cc(C)c3c2)o1. The summed E-state index contributed by atoms with van der Waals surface area (Å²) in [5.74, 6) is 2.98. The largest absolute Gasteiger partial charge is 0.462 e. The second-order valence-electron chi connectivity index (χ2n) is 8.32. The van der Waals surface area contributed by atoms with E-state index in [0.29, 0.717) is 5.76 Å². The van der Waals surface area contributed by atoms with Crippen molar-refractivity contribution < 1.29 is 9.21 Å². The third kappa shape index (κ3) is 4.76. The second kappa shape index (κ2) is 9.35. The molecule has 8 nitrogen and oxygen atoms in total. The van der Waals surface area contributed by atoms with Crippen molar-refractivity contribution in [2.75, 3.05) is 41.3 Å². The van der Waals surface area contributed by atoms with Crippen LogP contribution in [0.15, 0.2) is 65.4 Å². The minimum absolute atomic E-state index is 0.212. The van der Waals surface area contributed by atoms with Crippen molar-refractivity contribution in [3.8, 4) is 0 Å². The highest BCUT2D eigenvalue weighted by Gasteiger charge is 2.20. The van der Waals surface area contributed by atoms with Gasteiger partial charge in [-0.1, -0.05) is 0 Å². The quantitative estimate of drug-likeness (QED) is 0.452. The number of carbonyl (C=O) groups excluding carboxylic acids is 1. The average Bonchev–Trinajstić information content (AvgIpc) is 3.29. The first kappa shape index (κ1) is 21.6. The number of pyridine rings is 1. The Bertz CT molecular complexity index is 1340. The van der Waals surface area contributed by atoms with Gasteiger partial charge in [0.05, 0.1) is 5.52 Å². The van der Waals surface area contributed by atoms with E-state index in [4.69, 9.17) is 9.40 Å². The summed E-state index contributed by atoms with van der Waals surface area (Å²) in [6, 6.07) is 13.4. The summed E-state index contributed by atoms with van der Waals surface area (Å²) in [5.41, 5.74) is 2.75. The normalized spacial score (nSPS) is 14.2. The van der Waals surface area contributed by atoms with Crippen LogP contribution in [-0.2, 0) is 4.79 Å². The zero-order valence-corrected chi connectivity index (χ0v) is 19.2. The van der Waals surface area contributed by atoms with E-state index >= 15 is 0 Å². The van der Waals surface area contributed by atoms with E-state index in [-0.39, 0.29) is 5.91 Å². The third-order valence-corrected chi connectivity index (χ3v) is 5.87. The van der Waals surface area contributed by atoms with Gasteiger partial charge in [0.25, 0.3) is 0 Å². The van der Waals surface area contributed by atoms with Gasteiger partial charge in [0.1, 0.15) is 17.3 Å². The van der Waals surface area contributed by atoms with Gasteiger partial charge in [0.15, 0.2) is 0 Å². The van der Waals surface area contributed by atoms with Crippen LogP contribution in [0.4, 0.5) is 17.5 Å². The third-order valence-electron chi connectivity index (χ3n) is 5.87. The van der Waals surface area contributed by atoms with E-state index in [2.05, 4.69) is 38.1 Å². The number of anilines is 3. The fourth-order valence-electron chi connectivity index (χ4n) is 4.09. The molecule has 1 N–H and O–H groups in total. The van der Waals surface area contributed by atoms with E-state index in [0.717, 1.165) is 65.9 Å². The van der Waals surface area contributed by atoms with Gasteiger partial charge in [0, 0.05) is 55.7 Å². The molecule has 1 aliphatic rings. The molecule has 0 saturated carbocycles. The van der Waals surface area contributed by atoms with Gasteiger partial charge in [-0.25, -0.2) is 15.0 Å². The highest BCUT2D eigenvalue weighted by atomic mass is 16.3. The zero-order chi connectivity index (χ0) is 23.5. The number of aromatic nitrogens is 3. The first-order valence-corrected chi connectivity index (χ1v) is 11.3. The Morgan fingerprint density at radius 2 is 1.76 bits per heavy atom. The number of carbonyl (C=O) groups is 1. The average molecular weight is 455 g/mol.